The Hall–Kier alpha value is -3.31. The molecule has 1 amide bonds. The summed E-state index contributed by atoms with van der Waals surface area (Å²) in [6, 6.07) is 20.5. The van der Waals surface area contributed by atoms with Gasteiger partial charge in [-0.3, -0.25) is 9.69 Å². The minimum atomic E-state index is -0.0454. The van der Waals surface area contributed by atoms with Gasteiger partial charge in [0.25, 0.3) is 5.91 Å². The molecular weight excluding hydrogens is 412 g/mol. The summed E-state index contributed by atoms with van der Waals surface area (Å²) in [6.45, 7) is 6.30. The van der Waals surface area contributed by atoms with Crippen LogP contribution in [-0.2, 0) is 13.0 Å². The van der Waals surface area contributed by atoms with Gasteiger partial charge in [-0.1, -0.05) is 48.0 Å². The molecule has 1 heterocycles. The third kappa shape index (κ3) is 5.04. The molecule has 0 saturated carbocycles. The number of benzene rings is 3. The first-order chi connectivity index (χ1) is 16.0. The van der Waals surface area contributed by atoms with E-state index < -0.39 is 0 Å². The molecule has 0 fully saturated rings. The summed E-state index contributed by atoms with van der Waals surface area (Å²) in [5.41, 5.74) is 6.62. The van der Waals surface area contributed by atoms with E-state index >= 15 is 0 Å². The summed E-state index contributed by atoms with van der Waals surface area (Å²) in [5.74, 6) is 1.41. The standard InChI is InChI=1S/C28H32N2O3/c1-19-9-11-21(12-10-19)18-30-14-13-22-15-26(32-3)27(33-4)16-24(22)25(30)17-29-28(31)23-8-6-5-7-20(23)2/h5-12,15-16,25H,13-14,17-18H2,1-4H3,(H,29,31)/t25-/m0/s1. The van der Waals surface area contributed by atoms with Crippen molar-refractivity contribution in [2.45, 2.75) is 32.9 Å². The van der Waals surface area contributed by atoms with E-state index in [1.165, 1.54) is 22.3 Å². The monoisotopic (exact) mass is 444 g/mol. The highest BCUT2D eigenvalue weighted by Crippen LogP contribution is 2.38. The Bertz CT molecular complexity index is 1120. The SMILES string of the molecule is COc1cc2c(cc1OC)[C@H](CNC(=O)c1ccccc1C)N(Cc1ccc(C)cc1)CC2. The molecule has 0 saturated heterocycles. The summed E-state index contributed by atoms with van der Waals surface area (Å²) in [5, 5.41) is 3.19. The maximum Gasteiger partial charge on any atom is 0.251 e. The van der Waals surface area contributed by atoms with Crippen molar-refractivity contribution in [3.05, 3.63) is 94.0 Å². The number of hydrogen-bond donors (Lipinski definition) is 1. The number of ether oxygens (including phenoxy) is 2. The molecule has 3 aromatic rings. The maximum absolute atomic E-state index is 13.0. The second-order valence-corrected chi connectivity index (χ2v) is 8.65. The van der Waals surface area contributed by atoms with Gasteiger partial charge in [0.05, 0.1) is 20.3 Å². The van der Waals surface area contributed by atoms with Crippen molar-refractivity contribution in [3.63, 3.8) is 0 Å². The van der Waals surface area contributed by atoms with Crippen LogP contribution in [0.4, 0.5) is 0 Å². The summed E-state index contributed by atoms with van der Waals surface area (Å²) < 4.78 is 11.1. The zero-order valence-electron chi connectivity index (χ0n) is 19.9. The first kappa shape index (κ1) is 22.9. The number of carbonyl (C=O) groups excluding carboxylic acids is 1. The van der Waals surface area contributed by atoms with Crippen LogP contribution in [0.2, 0.25) is 0 Å². The van der Waals surface area contributed by atoms with E-state index in [1.54, 1.807) is 14.2 Å². The lowest BCUT2D eigenvalue weighted by Crippen LogP contribution is -2.42. The highest BCUT2D eigenvalue weighted by atomic mass is 16.5. The fourth-order valence-corrected chi connectivity index (χ4v) is 4.55. The molecule has 1 aliphatic heterocycles. The van der Waals surface area contributed by atoms with E-state index in [0.717, 1.165) is 30.8 Å². The van der Waals surface area contributed by atoms with Gasteiger partial charge < -0.3 is 14.8 Å². The predicted octanol–water partition coefficient (Wildman–Crippen LogP) is 4.85. The van der Waals surface area contributed by atoms with Crippen LogP contribution in [0.25, 0.3) is 0 Å². The topological polar surface area (TPSA) is 50.8 Å². The average molecular weight is 445 g/mol. The molecule has 0 bridgehead atoms. The van der Waals surface area contributed by atoms with E-state index in [2.05, 4.69) is 53.5 Å². The number of carbonyl (C=O) groups is 1. The van der Waals surface area contributed by atoms with Gasteiger partial charge in [-0.15, -0.1) is 0 Å². The Balaban J connectivity index is 1.63. The van der Waals surface area contributed by atoms with Crippen molar-refractivity contribution in [1.82, 2.24) is 10.2 Å². The summed E-state index contributed by atoms with van der Waals surface area (Å²) in [4.78, 5) is 15.4. The van der Waals surface area contributed by atoms with Crippen LogP contribution in [0, 0.1) is 13.8 Å². The van der Waals surface area contributed by atoms with Crippen molar-refractivity contribution < 1.29 is 14.3 Å². The summed E-state index contributed by atoms with van der Waals surface area (Å²) in [7, 11) is 3.32. The Kier molecular flexibility index (Phi) is 6.99. The van der Waals surface area contributed by atoms with Crippen LogP contribution in [0.3, 0.4) is 0 Å². The fraction of sp³-hybridized carbons (Fsp3) is 0.321. The lowest BCUT2D eigenvalue weighted by Gasteiger charge is -2.38. The van der Waals surface area contributed by atoms with Gasteiger partial charge >= 0.3 is 0 Å². The molecule has 172 valence electrons. The molecule has 0 radical (unpaired) electrons. The molecular formula is C28H32N2O3. The number of nitrogens with zero attached hydrogens (tertiary/aromatic N) is 1. The number of amides is 1. The van der Waals surface area contributed by atoms with E-state index in [-0.39, 0.29) is 11.9 Å². The van der Waals surface area contributed by atoms with Gasteiger partial charge in [-0.25, -0.2) is 0 Å². The maximum atomic E-state index is 13.0. The molecule has 3 aromatic carbocycles. The number of fused-ring (bicyclic) bond motifs is 1. The van der Waals surface area contributed by atoms with Crippen molar-refractivity contribution in [1.29, 1.82) is 0 Å². The number of methoxy groups -OCH3 is 2. The van der Waals surface area contributed by atoms with Gasteiger partial charge in [0.2, 0.25) is 0 Å². The molecule has 0 aliphatic carbocycles. The van der Waals surface area contributed by atoms with Crippen LogP contribution in [0.1, 0.15) is 44.2 Å². The highest BCUT2D eigenvalue weighted by molar-refractivity contribution is 5.95. The molecule has 0 spiro atoms. The lowest BCUT2D eigenvalue weighted by atomic mass is 9.91. The van der Waals surface area contributed by atoms with E-state index in [1.807, 2.05) is 31.2 Å². The number of aryl methyl sites for hydroxylation is 2. The summed E-state index contributed by atoms with van der Waals surface area (Å²) >= 11 is 0. The largest absolute Gasteiger partial charge is 0.493 e. The molecule has 0 aromatic heterocycles. The minimum Gasteiger partial charge on any atom is -0.493 e. The van der Waals surface area contributed by atoms with Gasteiger partial charge in [0.1, 0.15) is 0 Å². The Morgan fingerprint density at radius 2 is 1.70 bits per heavy atom. The third-order valence-corrected chi connectivity index (χ3v) is 6.47. The zero-order chi connectivity index (χ0) is 23.4. The smallest absolute Gasteiger partial charge is 0.251 e. The van der Waals surface area contributed by atoms with Crippen LogP contribution in [0.15, 0.2) is 60.7 Å². The number of nitrogens with one attached hydrogen (secondary N) is 1. The molecule has 5 heteroatoms. The normalized spacial score (nSPS) is 15.6. The van der Waals surface area contributed by atoms with Gasteiger partial charge in [0, 0.05) is 25.2 Å². The van der Waals surface area contributed by atoms with Gasteiger partial charge in [0.15, 0.2) is 11.5 Å². The van der Waals surface area contributed by atoms with Crippen molar-refractivity contribution in [2.75, 3.05) is 27.3 Å². The lowest BCUT2D eigenvalue weighted by molar-refractivity contribution is 0.0925. The zero-order valence-corrected chi connectivity index (χ0v) is 19.9. The number of rotatable bonds is 7. The van der Waals surface area contributed by atoms with Crippen LogP contribution in [-0.4, -0.2) is 38.1 Å². The van der Waals surface area contributed by atoms with Gasteiger partial charge in [-0.05, 0) is 60.7 Å². The second kappa shape index (κ2) is 10.1. The quantitative estimate of drug-likeness (QED) is 0.566. The summed E-state index contributed by atoms with van der Waals surface area (Å²) in [6.07, 6.45) is 0.920. The molecule has 1 aliphatic rings. The van der Waals surface area contributed by atoms with Crippen LogP contribution >= 0.6 is 0 Å². The van der Waals surface area contributed by atoms with Crippen molar-refractivity contribution in [2.24, 2.45) is 0 Å². The van der Waals surface area contributed by atoms with Crippen molar-refractivity contribution in [3.8, 4) is 11.5 Å². The van der Waals surface area contributed by atoms with Crippen LogP contribution < -0.4 is 14.8 Å². The Morgan fingerprint density at radius 3 is 2.39 bits per heavy atom. The molecule has 5 nitrogen and oxygen atoms in total. The number of hydrogen-bond acceptors (Lipinski definition) is 4. The molecule has 33 heavy (non-hydrogen) atoms. The third-order valence-electron chi connectivity index (χ3n) is 6.47. The van der Waals surface area contributed by atoms with Crippen molar-refractivity contribution >= 4 is 5.91 Å². The van der Waals surface area contributed by atoms with Gasteiger partial charge in [-0.2, -0.15) is 0 Å². The Morgan fingerprint density at radius 1 is 1.00 bits per heavy atom. The molecule has 0 unspecified atom stereocenters. The molecule has 1 atom stereocenters. The first-order valence-electron chi connectivity index (χ1n) is 11.4. The Labute approximate surface area is 196 Å². The molecule has 1 N–H and O–H groups in total. The van der Waals surface area contributed by atoms with E-state index in [9.17, 15) is 4.79 Å². The average Bonchev–Trinajstić information content (AvgIpc) is 2.83. The second-order valence-electron chi connectivity index (χ2n) is 8.65. The van der Waals surface area contributed by atoms with E-state index in [4.69, 9.17) is 9.47 Å². The van der Waals surface area contributed by atoms with E-state index in [0.29, 0.717) is 17.9 Å². The first-order valence-corrected chi connectivity index (χ1v) is 11.4. The molecule has 4 rings (SSSR count). The predicted molar refractivity (Wildman–Crippen MR) is 131 cm³/mol. The fourth-order valence-electron chi connectivity index (χ4n) is 4.55. The highest BCUT2D eigenvalue weighted by Gasteiger charge is 2.29. The van der Waals surface area contributed by atoms with Crippen LogP contribution in [0.5, 0.6) is 11.5 Å². The minimum absolute atomic E-state index is 0.0304.